The van der Waals surface area contributed by atoms with Crippen LogP contribution in [-0.2, 0) is 15.1 Å². The molecule has 4 aliphatic heterocycles. The van der Waals surface area contributed by atoms with Crippen molar-refractivity contribution in [2.45, 2.75) is 90.5 Å². The van der Waals surface area contributed by atoms with Crippen molar-refractivity contribution in [2.75, 3.05) is 26.2 Å². The van der Waals surface area contributed by atoms with Crippen molar-refractivity contribution < 1.29 is 9.59 Å². The van der Waals surface area contributed by atoms with Gasteiger partial charge in [0.05, 0.1) is 6.04 Å². The van der Waals surface area contributed by atoms with Crippen LogP contribution in [0.2, 0.25) is 10.0 Å². The van der Waals surface area contributed by atoms with E-state index < -0.39 is 5.54 Å². The Kier molecular flexibility index (Phi) is 9.56. The second kappa shape index (κ2) is 13.2. The van der Waals surface area contributed by atoms with E-state index in [4.69, 9.17) is 28.2 Å². The first kappa shape index (κ1) is 33.4. The minimum atomic E-state index is -0.601. The topological polar surface area (TPSA) is 59.5 Å². The average Bonchev–Trinajstić information content (AvgIpc) is 3.67. The Hall–Kier alpha value is -2.52. The highest BCUT2D eigenvalue weighted by atomic mass is 35.5. The quantitative estimate of drug-likeness (QED) is 0.302. The molecular weight excluding hydrogens is 637 g/mol. The number of nitrogens with zero attached hydrogens (tertiary/aromatic N) is 5. The molecule has 0 bridgehead atoms. The zero-order chi connectivity index (χ0) is 32.9. The van der Waals surface area contributed by atoms with Gasteiger partial charge in [0.1, 0.15) is 10.4 Å². The number of piperazine rings is 1. The standard InChI is InChI=1S/C36H45Cl2N5O2S/c1-7-29-16-17-30(21-40-18-19-41(24(5)44)23(4)20-40)42(29)34(45)32-31(22(2)3)43-33(25-8-12-27(37)13-9-25)36(6,39-35(43)46-32)26-10-14-28(38)15-11-26/h8-15,22-23,29-30,33H,7,16-21H2,1-6H3/t23-,29-,30+,33-,36+/m1/s1. The summed E-state index contributed by atoms with van der Waals surface area (Å²) in [4.78, 5) is 42.1. The lowest BCUT2D eigenvalue weighted by Gasteiger charge is -2.42. The molecule has 0 unspecified atom stereocenters. The Morgan fingerprint density at radius 2 is 1.63 bits per heavy atom. The van der Waals surface area contributed by atoms with Gasteiger partial charge in [-0.1, -0.05) is 68.2 Å². The van der Waals surface area contributed by atoms with Gasteiger partial charge in [0.2, 0.25) is 5.91 Å². The molecular formula is C36H45Cl2N5O2S. The van der Waals surface area contributed by atoms with Crippen molar-refractivity contribution in [3.05, 3.63) is 80.3 Å². The van der Waals surface area contributed by atoms with Gasteiger partial charge < -0.3 is 14.7 Å². The number of fused-ring (bicyclic) bond motifs is 1. The Morgan fingerprint density at radius 1 is 1.00 bits per heavy atom. The molecule has 246 valence electrons. The van der Waals surface area contributed by atoms with Gasteiger partial charge >= 0.3 is 0 Å². The van der Waals surface area contributed by atoms with Crippen LogP contribution < -0.4 is 0 Å². The number of amidine groups is 1. The van der Waals surface area contributed by atoms with Crippen LogP contribution in [0.3, 0.4) is 0 Å². The lowest BCUT2D eigenvalue weighted by Crippen LogP contribution is -2.56. The highest BCUT2D eigenvalue weighted by molar-refractivity contribution is 8.18. The molecule has 2 aromatic rings. The maximum Gasteiger partial charge on any atom is 0.263 e. The molecule has 0 aliphatic carbocycles. The first-order valence-electron chi connectivity index (χ1n) is 16.6. The summed E-state index contributed by atoms with van der Waals surface area (Å²) >= 11 is 14.2. The van der Waals surface area contributed by atoms with E-state index in [1.807, 2.05) is 29.2 Å². The molecule has 2 fully saturated rings. The molecule has 46 heavy (non-hydrogen) atoms. The van der Waals surface area contributed by atoms with E-state index in [0.29, 0.717) is 10.0 Å². The minimum absolute atomic E-state index is 0.100. The molecule has 0 N–H and O–H groups in total. The monoisotopic (exact) mass is 681 g/mol. The predicted octanol–water partition coefficient (Wildman–Crippen LogP) is 7.56. The van der Waals surface area contributed by atoms with E-state index in [2.05, 4.69) is 73.6 Å². The third-order valence-electron chi connectivity index (χ3n) is 10.3. The fourth-order valence-corrected chi connectivity index (χ4v) is 9.62. The summed E-state index contributed by atoms with van der Waals surface area (Å²) < 4.78 is 0. The Bertz CT molecular complexity index is 1540. The average molecular weight is 683 g/mol. The van der Waals surface area contributed by atoms with Gasteiger partial charge in [0, 0.05) is 67.0 Å². The number of hydrogen-bond donors (Lipinski definition) is 0. The van der Waals surface area contributed by atoms with Crippen LogP contribution in [0, 0.1) is 5.92 Å². The van der Waals surface area contributed by atoms with Crippen molar-refractivity contribution in [3.63, 3.8) is 0 Å². The number of amides is 2. The van der Waals surface area contributed by atoms with Gasteiger partial charge in [-0.2, -0.15) is 0 Å². The fourth-order valence-electron chi connectivity index (χ4n) is 8.02. The summed E-state index contributed by atoms with van der Waals surface area (Å²) in [6.45, 7) is 15.7. The number of likely N-dealkylation sites (tertiary alicyclic amines) is 1. The van der Waals surface area contributed by atoms with E-state index in [-0.39, 0.29) is 41.9 Å². The third kappa shape index (κ3) is 5.99. The number of thioether (sulfide) groups is 1. The van der Waals surface area contributed by atoms with Crippen molar-refractivity contribution in [1.29, 1.82) is 0 Å². The number of carbonyl (C=O) groups is 2. The van der Waals surface area contributed by atoms with Crippen LogP contribution in [-0.4, -0.2) is 80.9 Å². The van der Waals surface area contributed by atoms with Crippen molar-refractivity contribution in [3.8, 4) is 0 Å². The highest BCUT2D eigenvalue weighted by Gasteiger charge is 2.54. The Balaban J connectivity index is 1.35. The second-order valence-corrected chi connectivity index (χ2v) is 15.5. The summed E-state index contributed by atoms with van der Waals surface area (Å²) in [6.07, 6.45) is 2.93. The lowest BCUT2D eigenvalue weighted by atomic mass is 9.81. The number of hydrogen-bond acceptors (Lipinski definition) is 6. The molecule has 4 aliphatic rings. The lowest BCUT2D eigenvalue weighted by molar-refractivity contribution is -0.133. The number of carbonyl (C=O) groups excluding carboxylic acids is 2. The molecule has 2 aromatic carbocycles. The fraction of sp³-hybridized carbons (Fsp3) is 0.528. The summed E-state index contributed by atoms with van der Waals surface area (Å²) in [5.41, 5.74) is 2.60. The third-order valence-corrected chi connectivity index (χ3v) is 11.8. The normalized spacial score (nSPS) is 28.4. The van der Waals surface area contributed by atoms with E-state index in [0.717, 1.165) is 72.3 Å². The zero-order valence-electron chi connectivity index (χ0n) is 27.7. The molecule has 2 saturated heterocycles. The van der Waals surface area contributed by atoms with E-state index >= 15 is 0 Å². The van der Waals surface area contributed by atoms with Crippen molar-refractivity contribution in [1.82, 2.24) is 19.6 Å². The molecule has 0 radical (unpaired) electrons. The zero-order valence-corrected chi connectivity index (χ0v) is 30.0. The van der Waals surface area contributed by atoms with Crippen LogP contribution in [0.25, 0.3) is 0 Å². The van der Waals surface area contributed by atoms with Crippen LogP contribution in [0.15, 0.2) is 64.1 Å². The van der Waals surface area contributed by atoms with E-state index in [1.165, 1.54) is 11.8 Å². The molecule has 6 rings (SSSR count). The maximum absolute atomic E-state index is 14.8. The smallest absolute Gasteiger partial charge is 0.263 e. The second-order valence-electron chi connectivity index (χ2n) is 13.7. The van der Waals surface area contributed by atoms with Gasteiger partial charge in [-0.05, 0) is 86.2 Å². The number of aliphatic imine (C=N–C) groups is 1. The first-order chi connectivity index (χ1) is 21.9. The van der Waals surface area contributed by atoms with Gasteiger partial charge in [0.15, 0.2) is 5.17 Å². The maximum atomic E-state index is 14.8. The largest absolute Gasteiger partial charge is 0.338 e. The van der Waals surface area contributed by atoms with Crippen molar-refractivity contribution in [2.24, 2.45) is 10.9 Å². The summed E-state index contributed by atoms with van der Waals surface area (Å²) in [7, 11) is 0. The predicted molar refractivity (Wildman–Crippen MR) is 189 cm³/mol. The van der Waals surface area contributed by atoms with E-state index in [1.54, 1.807) is 6.92 Å². The number of rotatable bonds is 7. The molecule has 7 nitrogen and oxygen atoms in total. The highest BCUT2D eigenvalue weighted by Crippen LogP contribution is 2.56. The van der Waals surface area contributed by atoms with Crippen molar-refractivity contribution >= 4 is 51.9 Å². The van der Waals surface area contributed by atoms with Crippen LogP contribution in [0.5, 0.6) is 0 Å². The Labute approximate surface area is 288 Å². The molecule has 0 spiro atoms. The number of benzene rings is 2. The summed E-state index contributed by atoms with van der Waals surface area (Å²) in [5, 5.41) is 2.24. The SMILES string of the molecule is CC[C@@H]1CC[C@@H](CN2CCN(C(C)=O)[C@H](C)C2)N1C(=O)C1=C(C(C)C)N2C(=N[C@@](C)(c3ccc(Cl)cc3)[C@H]2c2ccc(Cl)cc2)S1. The summed E-state index contributed by atoms with van der Waals surface area (Å²) in [6, 6.07) is 16.3. The van der Waals surface area contributed by atoms with Gasteiger partial charge in [-0.25, -0.2) is 4.99 Å². The van der Waals surface area contributed by atoms with Gasteiger partial charge in [-0.3, -0.25) is 14.5 Å². The molecule has 10 heteroatoms. The van der Waals surface area contributed by atoms with E-state index in [9.17, 15) is 9.59 Å². The molecule has 4 heterocycles. The minimum Gasteiger partial charge on any atom is -0.338 e. The molecule has 2 amide bonds. The number of allylic oxidation sites excluding steroid dienone is 1. The number of halogens is 2. The molecule has 0 aromatic heterocycles. The van der Waals surface area contributed by atoms with Gasteiger partial charge in [-0.15, -0.1) is 0 Å². The molecule has 0 saturated carbocycles. The van der Waals surface area contributed by atoms with Gasteiger partial charge in [0.25, 0.3) is 5.91 Å². The first-order valence-corrected chi connectivity index (χ1v) is 18.1. The Morgan fingerprint density at radius 3 is 2.22 bits per heavy atom. The molecule has 5 atom stereocenters. The van der Waals surface area contributed by atoms with Crippen LogP contribution >= 0.6 is 35.0 Å². The summed E-state index contributed by atoms with van der Waals surface area (Å²) in [5.74, 6) is 0.358. The van der Waals surface area contributed by atoms with Crippen LogP contribution in [0.4, 0.5) is 0 Å². The van der Waals surface area contributed by atoms with Crippen LogP contribution in [0.1, 0.15) is 78.0 Å².